The van der Waals surface area contributed by atoms with Gasteiger partial charge in [0, 0.05) is 24.2 Å². The molecule has 0 radical (unpaired) electrons. The van der Waals surface area contributed by atoms with E-state index in [2.05, 4.69) is 17.2 Å². The van der Waals surface area contributed by atoms with Crippen molar-refractivity contribution < 1.29 is 4.74 Å². The number of thiazole rings is 1. The molecular formula is C9H16N2OS. The van der Waals surface area contributed by atoms with E-state index in [1.807, 2.05) is 13.1 Å². The lowest BCUT2D eigenvalue weighted by Gasteiger charge is -1.96. The lowest BCUT2D eigenvalue weighted by molar-refractivity contribution is 0.134. The standard InChI is InChI=1S/C9H16N2OS/c1-3-10-5-8-6-11-9(13-8)7-12-4-2/h6,10H,3-5,7H2,1-2H3. The fourth-order valence-electron chi connectivity index (χ4n) is 0.934. The van der Waals surface area contributed by atoms with Crippen molar-refractivity contribution in [2.24, 2.45) is 0 Å². The molecule has 0 unspecified atom stereocenters. The Balaban J connectivity index is 2.34. The summed E-state index contributed by atoms with van der Waals surface area (Å²) in [7, 11) is 0. The average molecular weight is 200 g/mol. The predicted molar refractivity (Wildman–Crippen MR) is 54.8 cm³/mol. The summed E-state index contributed by atoms with van der Waals surface area (Å²) in [5.74, 6) is 0. The highest BCUT2D eigenvalue weighted by atomic mass is 32.1. The summed E-state index contributed by atoms with van der Waals surface area (Å²) >= 11 is 1.71. The van der Waals surface area contributed by atoms with Gasteiger partial charge in [-0.15, -0.1) is 11.3 Å². The minimum Gasteiger partial charge on any atom is -0.375 e. The summed E-state index contributed by atoms with van der Waals surface area (Å²) < 4.78 is 5.26. The second kappa shape index (κ2) is 6.07. The van der Waals surface area contributed by atoms with Gasteiger partial charge in [-0.25, -0.2) is 4.98 Å². The Morgan fingerprint density at radius 3 is 3.08 bits per heavy atom. The van der Waals surface area contributed by atoms with Gasteiger partial charge in [-0.1, -0.05) is 6.92 Å². The Labute approximate surface area is 83.1 Å². The second-order valence-corrected chi connectivity index (χ2v) is 3.84. The van der Waals surface area contributed by atoms with E-state index in [0.717, 1.165) is 24.7 Å². The molecule has 1 aromatic rings. The van der Waals surface area contributed by atoms with Gasteiger partial charge in [0.25, 0.3) is 0 Å². The minimum absolute atomic E-state index is 0.646. The Morgan fingerprint density at radius 1 is 1.54 bits per heavy atom. The third-order valence-corrected chi connectivity index (χ3v) is 2.55. The number of aromatic nitrogens is 1. The molecule has 74 valence electrons. The molecule has 0 aromatic carbocycles. The van der Waals surface area contributed by atoms with Crippen LogP contribution in [0.3, 0.4) is 0 Å². The number of hydrogen-bond donors (Lipinski definition) is 1. The van der Waals surface area contributed by atoms with Crippen LogP contribution in [0.25, 0.3) is 0 Å². The molecule has 0 spiro atoms. The second-order valence-electron chi connectivity index (χ2n) is 2.64. The number of nitrogens with one attached hydrogen (secondary N) is 1. The minimum atomic E-state index is 0.646. The molecule has 1 aromatic heterocycles. The van der Waals surface area contributed by atoms with Gasteiger partial charge in [0.05, 0.1) is 6.61 Å². The highest BCUT2D eigenvalue weighted by molar-refractivity contribution is 7.11. The van der Waals surface area contributed by atoms with Gasteiger partial charge >= 0.3 is 0 Å². The van der Waals surface area contributed by atoms with Crippen LogP contribution < -0.4 is 5.32 Å². The van der Waals surface area contributed by atoms with E-state index in [4.69, 9.17) is 4.74 Å². The van der Waals surface area contributed by atoms with E-state index in [1.165, 1.54) is 4.88 Å². The van der Waals surface area contributed by atoms with Gasteiger partial charge in [0.15, 0.2) is 0 Å². The fraction of sp³-hybridized carbons (Fsp3) is 0.667. The van der Waals surface area contributed by atoms with Gasteiger partial charge in [0.1, 0.15) is 5.01 Å². The normalized spacial score (nSPS) is 10.6. The van der Waals surface area contributed by atoms with Gasteiger partial charge < -0.3 is 10.1 Å². The molecule has 0 bridgehead atoms. The van der Waals surface area contributed by atoms with Crippen molar-refractivity contribution in [2.75, 3.05) is 13.2 Å². The maximum absolute atomic E-state index is 5.26. The lowest BCUT2D eigenvalue weighted by Crippen LogP contribution is -2.10. The summed E-state index contributed by atoms with van der Waals surface area (Å²) in [6.07, 6.45) is 1.92. The van der Waals surface area contributed by atoms with Crippen LogP contribution in [0.1, 0.15) is 23.7 Å². The first kappa shape index (κ1) is 10.6. The van der Waals surface area contributed by atoms with E-state index < -0.39 is 0 Å². The van der Waals surface area contributed by atoms with Gasteiger partial charge in [-0.3, -0.25) is 0 Å². The summed E-state index contributed by atoms with van der Waals surface area (Å²) in [5, 5.41) is 4.33. The maximum Gasteiger partial charge on any atom is 0.119 e. The van der Waals surface area contributed by atoms with Crippen molar-refractivity contribution in [3.8, 4) is 0 Å². The van der Waals surface area contributed by atoms with Crippen LogP contribution >= 0.6 is 11.3 Å². The molecule has 0 fully saturated rings. The summed E-state index contributed by atoms with van der Waals surface area (Å²) in [6, 6.07) is 0. The van der Waals surface area contributed by atoms with Crippen molar-refractivity contribution in [2.45, 2.75) is 27.0 Å². The Kier molecular flexibility index (Phi) is 4.97. The quantitative estimate of drug-likeness (QED) is 0.760. The zero-order valence-electron chi connectivity index (χ0n) is 8.17. The average Bonchev–Trinajstić information content (AvgIpc) is 2.59. The van der Waals surface area contributed by atoms with Gasteiger partial charge in [0.2, 0.25) is 0 Å². The first-order chi connectivity index (χ1) is 6.36. The summed E-state index contributed by atoms with van der Waals surface area (Å²) in [5.41, 5.74) is 0. The SMILES string of the molecule is CCNCc1cnc(COCC)s1. The molecule has 0 aliphatic rings. The number of ether oxygens (including phenoxy) is 1. The maximum atomic E-state index is 5.26. The molecule has 1 heterocycles. The van der Waals surface area contributed by atoms with Gasteiger partial charge in [-0.05, 0) is 13.5 Å². The first-order valence-electron chi connectivity index (χ1n) is 4.58. The number of hydrogen-bond acceptors (Lipinski definition) is 4. The van der Waals surface area contributed by atoms with Crippen molar-refractivity contribution in [1.29, 1.82) is 0 Å². The molecule has 4 heteroatoms. The zero-order chi connectivity index (χ0) is 9.52. The Hall–Kier alpha value is -0.450. The van der Waals surface area contributed by atoms with E-state index in [1.54, 1.807) is 11.3 Å². The largest absolute Gasteiger partial charge is 0.375 e. The topological polar surface area (TPSA) is 34.2 Å². The molecule has 0 aliphatic carbocycles. The Morgan fingerprint density at radius 2 is 2.38 bits per heavy atom. The van der Waals surface area contributed by atoms with E-state index in [9.17, 15) is 0 Å². The Bertz CT molecular complexity index is 215. The van der Waals surface area contributed by atoms with Crippen molar-refractivity contribution in [1.82, 2.24) is 10.3 Å². The molecule has 0 aliphatic heterocycles. The molecule has 0 amide bonds. The monoisotopic (exact) mass is 200 g/mol. The van der Waals surface area contributed by atoms with E-state index >= 15 is 0 Å². The molecular weight excluding hydrogens is 184 g/mol. The van der Waals surface area contributed by atoms with Crippen LogP contribution in [0.4, 0.5) is 0 Å². The molecule has 13 heavy (non-hydrogen) atoms. The van der Waals surface area contributed by atoms with E-state index in [0.29, 0.717) is 6.61 Å². The van der Waals surface area contributed by atoms with Crippen molar-refractivity contribution >= 4 is 11.3 Å². The predicted octanol–water partition coefficient (Wildman–Crippen LogP) is 1.79. The molecule has 0 saturated carbocycles. The van der Waals surface area contributed by atoms with Crippen LogP contribution in [-0.4, -0.2) is 18.1 Å². The molecule has 3 nitrogen and oxygen atoms in total. The highest BCUT2D eigenvalue weighted by Gasteiger charge is 2.00. The summed E-state index contributed by atoms with van der Waals surface area (Å²) in [4.78, 5) is 5.53. The van der Waals surface area contributed by atoms with Crippen LogP contribution in [-0.2, 0) is 17.9 Å². The third-order valence-electron chi connectivity index (χ3n) is 1.58. The fourth-order valence-corrected chi connectivity index (χ4v) is 1.76. The third kappa shape index (κ3) is 3.85. The molecule has 0 saturated heterocycles. The molecule has 1 rings (SSSR count). The highest BCUT2D eigenvalue weighted by Crippen LogP contribution is 2.13. The molecule has 1 N–H and O–H groups in total. The number of nitrogens with zero attached hydrogens (tertiary/aromatic N) is 1. The van der Waals surface area contributed by atoms with Crippen LogP contribution in [0.15, 0.2) is 6.20 Å². The van der Waals surface area contributed by atoms with E-state index in [-0.39, 0.29) is 0 Å². The summed E-state index contributed by atoms with van der Waals surface area (Å²) in [6.45, 7) is 7.41. The van der Waals surface area contributed by atoms with Crippen molar-refractivity contribution in [3.05, 3.63) is 16.1 Å². The number of rotatable bonds is 6. The van der Waals surface area contributed by atoms with Gasteiger partial charge in [-0.2, -0.15) is 0 Å². The zero-order valence-corrected chi connectivity index (χ0v) is 8.99. The molecule has 0 atom stereocenters. The first-order valence-corrected chi connectivity index (χ1v) is 5.40. The van der Waals surface area contributed by atoms with Crippen LogP contribution in [0, 0.1) is 0 Å². The van der Waals surface area contributed by atoms with Crippen LogP contribution in [0.5, 0.6) is 0 Å². The smallest absolute Gasteiger partial charge is 0.119 e. The van der Waals surface area contributed by atoms with Crippen LogP contribution in [0.2, 0.25) is 0 Å². The lowest BCUT2D eigenvalue weighted by atomic mass is 10.5. The van der Waals surface area contributed by atoms with Crippen molar-refractivity contribution in [3.63, 3.8) is 0 Å².